The van der Waals surface area contributed by atoms with Gasteiger partial charge in [-0.2, -0.15) is 0 Å². The minimum Gasteiger partial charge on any atom is -0.497 e. The molecule has 3 rings (SSSR count). The Bertz CT molecular complexity index is 592. The van der Waals surface area contributed by atoms with Crippen LogP contribution in [0.4, 0.5) is 0 Å². The highest BCUT2D eigenvalue weighted by molar-refractivity contribution is 9.10. The van der Waals surface area contributed by atoms with E-state index in [1.807, 2.05) is 12.1 Å². The van der Waals surface area contributed by atoms with E-state index < -0.39 is 0 Å². The topological polar surface area (TPSA) is 12.5 Å². The van der Waals surface area contributed by atoms with Crippen molar-refractivity contribution in [1.82, 2.24) is 4.90 Å². The summed E-state index contributed by atoms with van der Waals surface area (Å²) in [5.74, 6) is 0.920. The van der Waals surface area contributed by atoms with Crippen molar-refractivity contribution in [3.8, 4) is 5.75 Å². The molecule has 110 valence electrons. The van der Waals surface area contributed by atoms with Crippen molar-refractivity contribution < 1.29 is 4.74 Å². The molecule has 1 aliphatic rings. The molecule has 0 heterocycles. The van der Waals surface area contributed by atoms with Crippen LogP contribution in [-0.4, -0.2) is 18.1 Å². The van der Waals surface area contributed by atoms with Crippen molar-refractivity contribution in [3.63, 3.8) is 0 Å². The minimum absolute atomic E-state index is 0.742. The summed E-state index contributed by atoms with van der Waals surface area (Å²) in [7, 11) is 1.71. The van der Waals surface area contributed by atoms with E-state index >= 15 is 0 Å². The maximum atomic E-state index is 5.22. The first-order chi connectivity index (χ1) is 10.2. The van der Waals surface area contributed by atoms with Crippen LogP contribution in [0, 0.1) is 0 Å². The molecule has 0 aromatic heterocycles. The fourth-order valence-corrected chi connectivity index (χ4v) is 3.04. The van der Waals surface area contributed by atoms with Crippen LogP contribution in [0.15, 0.2) is 53.0 Å². The zero-order valence-electron chi connectivity index (χ0n) is 12.3. The molecule has 0 radical (unpaired) electrons. The SMILES string of the molecule is COc1ccc(CN(Cc2cccc(Br)c2)C2CC2)cc1. The van der Waals surface area contributed by atoms with Crippen LogP contribution in [0.2, 0.25) is 0 Å². The van der Waals surface area contributed by atoms with Crippen LogP contribution < -0.4 is 4.74 Å². The van der Waals surface area contributed by atoms with Gasteiger partial charge in [-0.3, -0.25) is 4.90 Å². The Balaban J connectivity index is 1.69. The molecule has 3 heteroatoms. The summed E-state index contributed by atoms with van der Waals surface area (Å²) in [5.41, 5.74) is 2.71. The van der Waals surface area contributed by atoms with Crippen molar-refractivity contribution in [2.45, 2.75) is 32.0 Å². The predicted molar refractivity (Wildman–Crippen MR) is 89.4 cm³/mol. The molecule has 0 unspecified atom stereocenters. The summed E-state index contributed by atoms with van der Waals surface area (Å²) in [6.45, 7) is 2.01. The lowest BCUT2D eigenvalue weighted by Crippen LogP contribution is -2.25. The Kier molecular flexibility index (Phi) is 4.61. The third kappa shape index (κ3) is 4.08. The first-order valence-corrected chi connectivity index (χ1v) is 8.15. The Hall–Kier alpha value is -1.32. The van der Waals surface area contributed by atoms with Crippen molar-refractivity contribution in [2.75, 3.05) is 7.11 Å². The average Bonchev–Trinajstić information content (AvgIpc) is 3.32. The van der Waals surface area contributed by atoms with Gasteiger partial charge in [0.05, 0.1) is 7.11 Å². The second-order valence-corrected chi connectivity index (χ2v) is 6.53. The third-order valence-electron chi connectivity index (χ3n) is 3.88. The van der Waals surface area contributed by atoms with Crippen LogP contribution in [0.5, 0.6) is 5.75 Å². The number of benzene rings is 2. The van der Waals surface area contributed by atoms with Gasteiger partial charge in [0, 0.05) is 23.6 Å². The van der Waals surface area contributed by atoms with Gasteiger partial charge in [0.2, 0.25) is 0 Å². The Morgan fingerprint density at radius 1 is 1.05 bits per heavy atom. The standard InChI is InChI=1S/C18H20BrNO/c1-21-18-9-5-14(6-10-18)12-20(17-7-8-17)13-15-3-2-4-16(19)11-15/h2-6,9-11,17H,7-8,12-13H2,1H3. The summed E-state index contributed by atoms with van der Waals surface area (Å²) < 4.78 is 6.38. The number of ether oxygens (including phenoxy) is 1. The monoisotopic (exact) mass is 345 g/mol. The number of hydrogen-bond acceptors (Lipinski definition) is 2. The molecule has 2 aromatic carbocycles. The van der Waals surface area contributed by atoms with Gasteiger partial charge in [0.1, 0.15) is 5.75 Å². The first-order valence-electron chi connectivity index (χ1n) is 7.36. The number of nitrogens with zero attached hydrogens (tertiary/aromatic N) is 1. The highest BCUT2D eigenvalue weighted by Crippen LogP contribution is 2.30. The fraction of sp³-hybridized carbons (Fsp3) is 0.333. The number of methoxy groups -OCH3 is 1. The van der Waals surface area contributed by atoms with E-state index in [0.29, 0.717) is 0 Å². The highest BCUT2D eigenvalue weighted by Gasteiger charge is 2.28. The van der Waals surface area contributed by atoms with Crippen LogP contribution in [0.3, 0.4) is 0 Å². The Morgan fingerprint density at radius 2 is 1.76 bits per heavy atom. The summed E-state index contributed by atoms with van der Waals surface area (Å²) in [4.78, 5) is 2.57. The quantitative estimate of drug-likeness (QED) is 0.757. The zero-order valence-corrected chi connectivity index (χ0v) is 13.8. The summed E-state index contributed by atoms with van der Waals surface area (Å²) >= 11 is 3.56. The summed E-state index contributed by atoms with van der Waals surface area (Å²) in [6.07, 6.45) is 2.65. The van der Waals surface area contributed by atoms with E-state index in [9.17, 15) is 0 Å². The Morgan fingerprint density at radius 3 is 2.38 bits per heavy atom. The van der Waals surface area contributed by atoms with Crippen LogP contribution in [0.1, 0.15) is 24.0 Å². The van der Waals surface area contributed by atoms with Crippen molar-refractivity contribution in [3.05, 3.63) is 64.1 Å². The molecule has 1 fully saturated rings. The zero-order chi connectivity index (χ0) is 14.7. The van der Waals surface area contributed by atoms with Crippen LogP contribution in [0.25, 0.3) is 0 Å². The lowest BCUT2D eigenvalue weighted by atomic mass is 10.1. The molecule has 21 heavy (non-hydrogen) atoms. The maximum absolute atomic E-state index is 5.22. The molecule has 0 spiro atoms. The molecular weight excluding hydrogens is 326 g/mol. The lowest BCUT2D eigenvalue weighted by molar-refractivity contribution is 0.245. The van der Waals surface area contributed by atoms with E-state index in [4.69, 9.17) is 4.74 Å². The molecule has 2 aromatic rings. The van der Waals surface area contributed by atoms with Crippen LogP contribution in [-0.2, 0) is 13.1 Å². The van der Waals surface area contributed by atoms with Gasteiger partial charge >= 0.3 is 0 Å². The molecule has 0 atom stereocenters. The van der Waals surface area contributed by atoms with Gasteiger partial charge in [-0.05, 0) is 48.2 Å². The molecular formula is C18H20BrNO. The molecule has 1 aliphatic carbocycles. The van der Waals surface area contributed by atoms with Crippen molar-refractivity contribution >= 4 is 15.9 Å². The number of halogens is 1. The Labute approximate surface area is 134 Å². The minimum atomic E-state index is 0.742. The molecule has 0 N–H and O–H groups in total. The lowest BCUT2D eigenvalue weighted by Gasteiger charge is -2.22. The van der Waals surface area contributed by atoms with Gasteiger partial charge in [-0.1, -0.05) is 40.2 Å². The average molecular weight is 346 g/mol. The van der Waals surface area contributed by atoms with Crippen molar-refractivity contribution in [2.24, 2.45) is 0 Å². The molecule has 0 bridgehead atoms. The highest BCUT2D eigenvalue weighted by atomic mass is 79.9. The van der Waals surface area contributed by atoms with E-state index in [2.05, 4.69) is 57.2 Å². The van der Waals surface area contributed by atoms with Gasteiger partial charge < -0.3 is 4.74 Å². The normalized spacial score (nSPS) is 14.4. The van der Waals surface area contributed by atoms with Gasteiger partial charge in [-0.25, -0.2) is 0 Å². The summed E-state index contributed by atoms with van der Waals surface area (Å²) in [5, 5.41) is 0. The second-order valence-electron chi connectivity index (χ2n) is 5.61. The largest absolute Gasteiger partial charge is 0.497 e. The third-order valence-corrected chi connectivity index (χ3v) is 4.38. The smallest absolute Gasteiger partial charge is 0.118 e. The second kappa shape index (κ2) is 6.63. The molecule has 0 aliphatic heterocycles. The van der Waals surface area contributed by atoms with E-state index in [1.54, 1.807) is 7.11 Å². The molecule has 2 nitrogen and oxygen atoms in total. The van der Waals surface area contributed by atoms with E-state index in [0.717, 1.165) is 29.4 Å². The summed E-state index contributed by atoms with van der Waals surface area (Å²) in [6, 6.07) is 17.7. The molecule has 1 saturated carbocycles. The van der Waals surface area contributed by atoms with Gasteiger partial charge in [0.15, 0.2) is 0 Å². The maximum Gasteiger partial charge on any atom is 0.118 e. The number of rotatable bonds is 6. The van der Waals surface area contributed by atoms with Gasteiger partial charge in [0.25, 0.3) is 0 Å². The van der Waals surface area contributed by atoms with Gasteiger partial charge in [-0.15, -0.1) is 0 Å². The first kappa shape index (κ1) is 14.6. The number of hydrogen-bond donors (Lipinski definition) is 0. The van der Waals surface area contributed by atoms with Crippen LogP contribution >= 0.6 is 15.9 Å². The molecule has 0 saturated heterocycles. The van der Waals surface area contributed by atoms with Crippen molar-refractivity contribution in [1.29, 1.82) is 0 Å². The molecule has 0 amide bonds. The van der Waals surface area contributed by atoms with E-state index in [-0.39, 0.29) is 0 Å². The van der Waals surface area contributed by atoms with E-state index in [1.165, 1.54) is 24.0 Å². The fourth-order valence-electron chi connectivity index (χ4n) is 2.59. The predicted octanol–water partition coefficient (Wildman–Crippen LogP) is 4.62.